The zero-order chi connectivity index (χ0) is 14.2. The van der Waals surface area contributed by atoms with Gasteiger partial charge >= 0.3 is 5.97 Å². The van der Waals surface area contributed by atoms with Crippen LogP contribution in [-0.4, -0.2) is 15.6 Å². The Morgan fingerprint density at radius 2 is 2.00 bits per heavy atom. The lowest BCUT2D eigenvalue weighted by molar-refractivity contribution is 0.0697. The fraction of sp³-hybridized carbons (Fsp3) is 0.438. The Kier molecular flexibility index (Phi) is 3.65. The van der Waals surface area contributed by atoms with Crippen molar-refractivity contribution in [1.29, 1.82) is 0 Å². The van der Waals surface area contributed by atoms with Crippen LogP contribution in [-0.2, 0) is 6.54 Å². The molecule has 0 aliphatic heterocycles. The van der Waals surface area contributed by atoms with Gasteiger partial charge in [0.2, 0.25) is 0 Å². The van der Waals surface area contributed by atoms with Crippen LogP contribution in [0, 0.1) is 19.8 Å². The highest BCUT2D eigenvalue weighted by Crippen LogP contribution is 2.27. The number of hydrogen-bond donors (Lipinski definition) is 1. The molecule has 0 aliphatic carbocycles. The van der Waals surface area contributed by atoms with Gasteiger partial charge in [0.1, 0.15) is 0 Å². The van der Waals surface area contributed by atoms with E-state index in [9.17, 15) is 4.79 Å². The van der Waals surface area contributed by atoms with Crippen LogP contribution >= 0.6 is 0 Å². The number of aromatic carboxylic acids is 1. The van der Waals surface area contributed by atoms with E-state index in [1.807, 2.05) is 6.07 Å². The van der Waals surface area contributed by atoms with E-state index in [0.717, 1.165) is 23.9 Å². The van der Waals surface area contributed by atoms with Crippen LogP contribution in [0.4, 0.5) is 0 Å². The molecule has 0 radical (unpaired) electrons. The maximum absolute atomic E-state index is 11.1. The zero-order valence-electron chi connectivity index (χ0n) is 12.0. The number of rotatable bonds is 4. The SMILES string of the molecule is Cc1c(C)n(CCC(C)C)c2ccc(C(=O)O)cc12. The summed E-state index contributed by atoms with van der Waals surface area (Å²) in [6.45, 7) is 9.60. The van der Waals surface area contributed by atoms with E-state index in [2.05, 4.69) is 32.3 Å². The molecule has 0 bridgehead atoms. The molecule has 1 heterocycles. The molecule has 2 rings (SSSR count). The van der Waals surface area contributed by atoms with E-state index in [1.54, 1.807) is 12.1 Å². The highest BCUT2D eigenvalue weighted by Gasteiger charge is 2.13. The third-order valence-corrected chi connectivity index (χ3v) is 3.82. The second kappa shape index (κ2) is 5.08. The maximum atomic E-state index is 11.1. The standard InChI is InChI=1S/C16H21NO2/c1-10(2)7-8-17-12(4)11(3)14-9-13(16(18)19)5-6-15(14)17/h5-6,9-10H,7-8H2,1-4H3,(H,18,19). The van der Waals surface area contributed by atoms with E-state index >= 15 is 0 Å². The van der Waals surface area contributed by atoms with Crippen molar-refractivity contribution in [2.24, 2.45) is 5.92 Å². The number of benzene rings is 1. The molecule has 0 saturated carbocycles. The smallest absolute Gasteiger partial charge is 0.335 e. The Morgan fingerprint density at radius 3 is 2.58 bits per heavy atom. The molecular weight excluding hydrogens is 238 g/mol. The third kappa shape index (κ3) is 2.50. The molecule has 0 aliphatic rings. The lowest BCUT2D eigenvalue weighted by Gasteiger charge is -2.10. The Hall–Kier alpha value is -1.77. The van der Waals surface area contributed by atoms with E-state index in [0.29, 0.717) is 11.5 Å². The Labute approximate surface area is 113 Å². The summed E-state index contributed by atoms with van der Waals surface area (Å²) < 4.78 is 2.30. The lowest BCUT2D eigenvalue weighted by atomic mass is 10.1. The Morgan fingerprint density at radius 1 is 1.32 bits per heavy atom. The van der Waals surface area contributed by atoms with Crippen LogP contribution in [0.5, 0.6) is 0 Å². The number of carboxylic acid groups (broad SMARTS) is 1. The monoisotopic (exact) mass is 259 g/mol. The first-order chi connectivity index (χ1) is 8.91. The van der Waals surface area contributed by atoms with Crippen molar-refractivity contribution in [1.82, 2.24) is 4.57 Å². The molecule has 3 heteroatoms. The van der Waals surface area contributed by atoms with E-state index in [-0.39, 0.29) is 0 Å². The van der Waals surface area contributed by atoms with Gasteiger partial charge in [0.15, 0.2) is 0 Å². The van der Waals surface area contributed by atoms with E-state index in [4.69, 9.17) is 5.11 Å². The highest BCUT2D eigenvalue weighted by atomic mass is 16.4. The predicted molar refractivity (Wildman–Crippen MR) is 77.8 cm³/mol. The van der Waals surface area contributed by atoms with Crippen LogP contribution in [0.1, 0.15) is 41.9 Å². The summed E-state index contributed by atoms with van der Waals surface area (Å²) in [7, 11) is 0. The summed E-state index contributed by atoms with van der Waals surface area (Å²) in [5.41, 5.74) is 3.91. The fourth-order valence-electron chi connectivity index (χ4n) is 2.46. The van der Waals surface area contributed by atoms with Crippen molar-refractivity contribution in [3.63, 3.8) is 0 Å². The minimum atomic E-state index is -0.867. The number of aromatic nitrogens is 1. The molecule has 1 aromatic carbocycles. The highest BCUT2D eigenvalue weighted by molar-refractivity contribution is 5.95. The summed E-state index contributed by atoms with van der Waals surface area (Å²) in [5, 5.41) is 10.1. The predicted octanol–water partition coefficient (Wildman–Crippen LogP) is 4.00. The minimum Gasteiger partial charge on any atom is -0.478 e. The molecule has 102 valence electrons. The van der Waals surface area contributed by atoms with Gasteiger partial charge < -0.3 is 9.67 Å². The Balaban J connectivity index is 2.53. The van der Waals surface area contributed by atoms with Gasteiger partial charge in [0.05, 0.1) is 5.56 Å². The summed E-state index contributed by atoms with van der Waals surface area (Å²) >= 11 is 0. The average molecular weight is 259 g/mol. The van der Waals surface area contributed by atoms with E-state index in [1.165, 1.54) is 11.3 Å². The molecule has 0 unspecified atom stereocenters. The second-order valence-electron chi connectivity index (χ2n) is 5.58. The number of carbonyl (C=O) groups is 1. The first-order valence-corrected chi connectivity index (χ1v) is 6.74. The van der Waals surface area contributed by atoms with Crippen LogP contribution in [0.15, 0.2) is 18.2 Å². The molecule has 0 amide bonds. The first kappa shape index (κ1) is 13.7. The summed E-state index contributed by atoms with van der Waals surface area (Å²) in [6.07, 6.45) is 1.13. The number of fused-ring (bicyclic) bond motifs is 1. The molecular formula is C16H21NO2. The van der Waals surface area contributed by atoms with Gasteiger partial charge in [-0.1, -0.05) is 13.8 Å². The number of nitrogens with zero attached hydrogens (tertiary/aromatic N) is 1. The van der Waals surface area contributed by atoms with Crippen molar-refractivity contribution >= 4 is 16.9 Å². The average Bonchev–Trinajstić information content (AvgIpc) is 2.59. The van der Waals surface area contributed by atoms with Gasteiger partial charge in [0, 0.05) is 23.1 Å². The summed E-state index contributed by atoms with van der Waals surface area (Å²) in [4.78, 5) is 11.1. The summed E-state index contributed by atoms with van der Waals surface area (Å²) in [5.74, 6) is -0.204. The van der Waals surface area contributed by atoms with Crippen LogP contribution < -0.4 is 0 Å². The van der Waals surface area contributed by atoms with Crippen molar-refractivity contribution < 1.29 is 9.90 Å². The molecule has 0 fully saturated rings. The van der Waals surface area contributed by atoms with Crippen molar-refractivity contribution in [2.75, 3.05) is 0 Å². The molecule has 2 aromatic rings. The number of hydrogen-bond acceptors (Lipinski definition) is 1. The Bertz CT molecular complexity index is 623. The summed E-state index contributed by atoms with van der Waals surface area (Å²) in [6, 6.07) is 5.40. The molecule has 0 saturated heterocycles. The second-order valence-corrected chi connectivity index (χ2v) is 5.58. The zero-order valence-corrected chi connectivity index (χ0v) is 12.0. The van der Waals surface area contributed by atoms with Gasteiger partial charge in [0.25, 0.3) is 0 Å². The largest absolute Gasteiger partial charge is 0.478 e. The molecule has 1 aromatic heterocycles. The van der Waals surface area contributed by atoms with Gasteiger partial charge in [-0.2, -0.15) is 0 Å². The number of carboxylic acids is 1. The lowest BCUT2D eigenvalue weighted by Crippen LogP contribution is -2.03. The van der Waals surface area contributed by atoms with Crippen LogP contribution in [0.3, 0.4) is 0 Å². The molecule has 1 N–H and O–H groups in total. The normalized spacial score (nSPS) is 11.4. The minimum absolute atomic E-state index is 0.358. The van der Waals surface area contributed by atoms with Gasteiger partial charge in [-0.15, -0.1) is 0 Å². The maximum Gasteiger partial charge on any atom is 0.335 e. The quantitative estimate of drug-likeness (QED) is 0.901. The van der Waals surface area contributed by atoms with Gasteiger partial charge in [-0.05, 0) is 49.9 Å². The fourth-order valence-corrected chi connectivity index (χ4v) is 2.46. The molecule has 19 heavy (non-hydrogen) atoms. The van der Waals surface area contributed by atoms with Gasteiger partial charge in [-0.3, -0.25) is 0 Å². The molecule has 0 spiro atoms. The molecule has 0 atom stereocenters. The number of aryl methyl sites for hydroxylation is 2. The topological polar surface area (TPSA) is 42.2 Å². The molecule has 3 nitrogen and oxygen atoms in total. The van der Waals surface area contributed by atoms with Crippen molar-refractivity contribution in [3.8, 4) is 0 Å². The van der Waals surface area contributed by atoms with Crippen molar-refractivity contribution in [2.45, 2.75) is 40.7 Å². The third-order valence-electron chi connectivity index (χ3n) is 3.82. The van der Waals surface area contributed by atoms with Crippen LogP contribution in [0.2, 0.25) is 0 Å². The van der Waals surface area contributed by atoms with E-state index < -0.39 is 5.97 Å². The first-order valence-electron chi connectivity index (χ1n) is 6.74. The van der Waals surface area contributed by atoms with Gasteiger partial charge in [-0.25, -0.2) is 4.79 Å². The van der Waals surface area contributed by atoms with Crippen molar-refractivity contribution in [3.05, 3.63) is 35.0 Å². The van der Waals surface area contributed by atoms with Crippen LogP contribution in [0.25, 0.3) is 10.9 Å².